The van der Waals surface area contributed by atoms with Gasteiger partial charge in [0.2, 0.25) is 0 Å². The zero-order valence-electron chi connectivity index (χ0n) is 16.0. The largest absolute Gasteiger partial charge is 0.462 e. The molecule has 0 saturated carbocycles. The third-order valence-corrected chi connectivity index (χ3v) is 4.76. The highest BCUT2D eigenvalue weighted by Gasteiger charge is 2.16. The highest BCUT2D eigenvalue weighted by Crippen LogP contribution is 2.26. The lowest BCUT2D eigenvalue weighted by atomic mass is 9.99. The molecule has 27 heavy (non-hydrogen) atoms. The SMILES string of the molecule is CCOC(=O)c1ccc(C(=O)NCc2ccc3c(c2)CCCN3C)nc1C. The van der Waals surface area contributed by atoms with Crippen molar-refractivity contribution < 1.29 is 14.3 Å². The molecular weight excluding hydrogens is 342 g/mol. The van der Waals surface area contributed by atoms with Gasteiger partial charge in [0, 0.05) is 25.8 Å². The molecule has 0 saturated heterocycles. The molecule has 0 unspecified atom stereocenters. The summed E-state index contributed by atoms with van der Waals surface area (Å²) >= 11 is 0. The average Bonchev–Trinajstić information content (AvgIpc) is 2.66. The number of hydrogen-bond acceptors (Lipinski definition) is 5. The lowest BCUT2D eigenvalue weighted by molar-refractivity contribution is 0.0524. The van der Waals surface area contributed by atoms with Crippen LogP contribution in [0, 0.1) is 6.92 Å². The van der Waals surface area contributed by atoms with E-state index in [1.807, 2.05) is 6.07 Å². The number of rotatable bonds is 5. The second-order valence-electron chi connectivity index (χ2n) is 6.72. The highest BCUT2D eigenvalue weighted by molar-refractivity contribution is 5.95. The molecular formula is C21H25N3O3. The number of carbonyl (C=O) groups excluding carboxylic acids is 2. The summed E-state index contributed by atoms with van der Waals surface area (Å²) in [6.45, 7) is 5.27. The van der Waals surface area contributed by atoms with Crippen molar-refractivity contribution in [1.82, 2.24) is 10.3 Å². The molecule has 0 bridgehead atoms. The molecule has 0 atom stereocenters. The fourth-order valence-electron chi connectivity index (χ4n) is 3.33. The number of esters is 1. The molecule has 142 valence electrons. The van der Waals surface area contributed by atoms with Crippen LogP contribution in [0.1, 0.15) is 51.0 Å². The van der Waals surface area contributed by atoms with Crippen LogP contribution in [0.25, 0.3) is 0 Å². The molecule has 2 aromatic rings. The average molecular weight is 367 g/mol. The van der Waals surface area contributed by atoms with Crippen LogP contribution in [0.15, 0.2) is 30.3 Å². The van der Waals surface area contributed by atoms with E-state index >= 15 is 0 Å². The molecule has 1 aliphatic rings. The molecule has 1 N–H and O–H groups in total. The van der Waals surface area contributed by atoms with E-state index in [1.54, 1.807) is 26.0 Å². The number of nitrogens with zero attached hydrogens (tertiary/aromatic N) is 2. The van der Waals surface area contributed by atoms with E-state index < -0.39 is 5.97 Å². The van der Waals surface area contributed by atoms with Gasteiger partial charge < -0.3 is 15.0 Å². The van der Waals surface area contributed by atoms with Gasteiger partial charge in [0.15, 0.2) is 0 Å². The summed E-state index contributed by atoms with van der Waals surface area (Å²) in [5.41, 5.74) is 4.81. The molecule has 0 aliphatic carbocycles. The summed E-state index contributed by atoms with van der Waals surface area (Å²) in [4.78, 5) is 30.8. The smallest absolute Gasteiger partial charge is 0.339 e. The molecule has 6 heteroatoms. The van der Waals surface area contributed by atoms with E-state index in [0.29, 0.717) is 30.1 Å². The topological polar surface area (TPSA) is 71.5 Å². The third kappa shape index (κ3) is 4.27. The van der Waals surface area contributed by atoms with Crippen molar-refractivity contribution in [3.8, 4) is 0 Å². The number of hydrogen-bond donors (Lipinski definition) is 1. The maximum atomic E-state index is 12.4. The number of fused-ring (bicyclic) bond motifs is 1. The van der Waals surface area contributed by atoms with Gasteiger partial charge in [-0.15, -0.1) is 0 Å². The maximum Gasteiger partial charge on any atom is 0.339 e. The van der Waals surface area contributed by atoms with Gasteiger partial charge in [0.1, 0.15) is 5.69 Å². The Kier molecular flexibility index (Phi) is 5.74. The summed E-state index contributed by atoms with van der Waals surface area (Å²) in [5, 5.41) is 2.90. The minimum absolute atomic E-state index is 0.261. The van der Waals surface area contributed by atoms with E-state index in [9.17, 15) is 9.59 Å². The van der Waals surface area contributed by atoms with Crippen molar-refractivity contribution in [2.24, 2.45) is 0 Å². The zero-order valence-corrected chi connectivity index (χ0v) is 16.0. The Balaban J connectivity index is 1.66. The van der Waals surface area contributed by atoms with Gasteiger partial charge in [0.25, 0.3) is 5.91 Å². The molecule has 1 aromatic carbocycles. The van der Waals surface area contributed by atoms with Crippen molar-refractivity contribution in [2.45, 2.75) is 33.2 Å². The van der Waals surface area contributed by atoms with Crippen LogP contribution in [-0.2, 0) is 17.7 Å². The van der Waals surface area contributed by atoms with E-state index in [4.69, 9.17) is 4.74 Å². The lowest BCUT2D eigenvalue weighted by Gasteiger charge is -2.27. The molecule has 3 rings (SSSR count). The fraction of sp³-hybridized carbons (Fsp3) is 0.381. The normalized spacial score (nSPS) is 13.1. The molecule has 0 spiro atoms. The van der Waals surface area contributed by atoms with Crippen LogP contribution in [-0.4, -0.2) is 37.1 Å². The first-order valence-electron chi connectivity index (χ1n) is 9.25. The van der Waals surface area contributed by atoms with Crippen molar-refractivity contribution >= 4 is 17.6 Å². The van der Waals surface area contributed by atoms with E-state index in [2.05, 4.69) is 34.4 Å². The van der Waals surface area contributed by atoms with E-state index in [0.717, 1.165) is 24.9 Å². The molecule has 1 aliphatic heterocycles. The molecule has 2 heterocycles. The second-order valence-corrected chi connectivity index (χ2v) is 6.72. The first-order valence-corrected chi connectivity index (χ1v) is 9.25. The molecule has 1 amide bonds. The number of aromatic nitrogens is 1. The zero-order chi connectivity index (χ0) is 19.4. The summed E-state index contributed by atoms with van der Waals surface area (Å²) in [5.74, 6) is -0.683. The Morgan fingerprint density at radius 2 is 2.07 bits per heavy atom. The third-order valence-electron chi connectivity index (χ3n) is 4.76. The number of nitrogens with one attached hydrogen (secondary N) is 1. The number of aryl methyl sites for hydroxylation is 2. The number of benzene rings is 1. The van der Waals surface area contributed by atoms with Gasteiger partial charge in [0.05, 0.1) is 17.9 Å². The summed E-state index contributed by atoms with van der Waals surface area (Å²) < 4.78 is 4.98. The standard InChI is InChI=1S/C21H25N3O3/c1-4-27-21(26)17-8-9-18(23-14(17)2)20(25)22-13-15-7-10-19-16(12-15)6-5-11-24(19)3/h7-10,12H,4-6,11,13H2,1-3H3,(H,22,25). The van der Waals surface area contributed by atoms with Crippen LogP contribution in [0.2, 0.25) is 0 Å². The van der Waals surface area contributed by atoms with Crippen LogP contribution in [0.4, 0.5) is 5.69 Å². The second kappa shape index (κ2) is 8.20. The van der Waals surface area contributed by atoms with Gasteiger partial charge in [-0.25, -0.2) is 9.78 Å². The maximum absolute atomic E-state index is 12.4. The summed E-state index contributed by atoms with van der Waals surface area (Å²) in [7, 11) is 2.10. The number of anilines is 1. The van der Waals surface area contributed by atoms with Crippen LogP contribution < -0.4 is 10.2 Å². The minimum Gasteiger partial charge on any atom is -0.462 e. The lowest BCUT2D eigenvalue weighted by Crippen LogP contribution is -2.26. The Hall–Kier alpha value is -2.89. The first-order chi connectivity index (χ1) is 13.0. The molecule has 6 nitrogen and oxygen atoms in total. The van der Waals surface area contributed by atoms with Crippen LogP contribution in [0.3, 0.4) is 0 Å². The number of amides is 1. The van der Waals surface area contributed by atoms with Crippen molar-refractivity contribution in [2.75, 3.05) is 25.1 Å². The van der Waals surface area contributed by atoms with Gasteiger partial charge in [-0.05, 0) is 56.0 Å². The van der Waals surface area contributed by atoms with E-state index in [-0.39, 0.29) is 5.91 Å². The minimum atomic E-state index is -0.423. The Labute approximate surface area is 159 Å². The summed E-state index contributed by atoms with van der Waals surface area (Å²) in [6, 6.07) is 9.46. The van der Waals surface area contributed by atoms with Gasteiger partial charge in [-0.2, -0.15) is 0 Å². The van der Waals surface area contributed by atoms with Crippen LogP contribution in [0.5, 0.6) is 0 Å². The monoisotopic (exact) mass is 367 g/mol. The quantitative estimate of drug-likeness (QED) is 0.823. The fourth-order valence-corrected chi connectivity index (χ4v) is 3.33. The molecule has 0 fully saturated rings. The van der Waals surface area contributed by atoms with Crippen molar-refractivity contribution in [3.63, 3.8) is 0 Å². The van der Waals surface area contributed by atoms with Crippen molar-refractivity contribution in [3.05, 3.63) is 58.4 Å². The van der Waals surface area contributed by atoms with Gasteiger partial charge >= 0.3 is 5.97 Å². The van der Waals surface area contributed by atoms with Gasteiger partial charge in [-0.1, -0.05) is 12.1 Å². The number of pyridine rings is 1. The highest BCUT2D eigenvalue weighted by atomic mass is 16.5. The molecule has 1 aromatic heterocycles. The van der Waals surface area contributed by atoms with E-state index in [1.165, 1.54) is 11.3 Å². The Bertz CT molecular complexity index is 864. The predicted octanol–water partition coefficient (Wildman–Crippen LogP) is 2.88. The first kappa shape index (κ1) is 18.9. The molecule has 0 radical (unpaired) electrons. The Morgan fingerprint density at radius 1 is 1.26 bits per heavy atom. The summed E-state index contributed by atoms with van der Waals surface area (Å²) in [6.07, 6.45) is 2.22. The van der Waals surface area contributed by atoms with Gasteiger partial charge in [-0.3, -0.25) is 4.79 Å². The van der Waals surface area contributed by atoms with Crippen LogP contribution >= 0.6 is 0 Å². The predicted molar refractivity (Wildman–Crippen MR) is 104 cm³/mol. The Morgan fingerprint density at radius 3 is 2.81 bits per heavy atom. The number of ether oxygens (including phenoxy) is 1. The number of carbonyl (C=O) groups is 2. The van der Waals surface area contributed by atoms with Crippen molar-refractivity contribution in [1.29, 1.82) is 0 Å².